The molecule has 0 unspecified atom stereocenters. The molecular formula is C13H14F5NO. The lowest BCUT2D eigenvalue weighted by Gasteiger charge is -2.22. The summed E-state index contributed by atoms with van der Waals surface area (Å²) in [7, 11) is 0. The predicted molar refractivity (Wildman–Crippen MR) is 61.9 cm³/mol. The summed E-state index contributed by atoms with van der Waals surface area (Å²) in [5, 5.41) is 3.16. The van der Waals surface area contributed by atoms with Crippen molar-refractivity contribution in [3.63, 3.8) is 0 Å². The zero-order chi connectivity index (χ0) is 14.7. The second-order valence-corrected chi connectivity index (χ2v) is 4.73. The molecule has 0 aromatic heterocycles. The summed E-state index contributed by atoms with van der Waals surface area (Å²) in [4.78, 5) is 0. The molecule has 0 radical (unpaired) electrons. The van der Waals surface area contributed by atoms with Crippen molar-refractivity contribution in [2.24, 2.45) is 5.92 Å². The third kappa shape index (κ3) is 3.03. The van der Waals surface area contributed by atoms with Gasteiger partial charge < -0.3 is 10.1 Å². The number of benzene rings is 1. The van der Waals surface area contributed by atoms with Gasteiger partial charge in [-0.3, -0.25) is 0 Å². The Labute approximate surface area is 112 Å². The summed E-state index contributed by atoms with van der Waals surface area (Å²) in [5.41, 5.74) is 0. The third-order valence-corrected chi connectivity index (χ3v) is 3.40. The Hall–Kier alpha value is -1.37. The van der Waals surface area contributed by atoms with Crippen molar-refractivity contribution < 1.29 is 26.7 Å². The lowest BCUT2D eigenvalue weighted by atomic mass is 9.95. The number of hydrogen-bond donors (Lipinski definition) is 1. The van der Waals surface area contributed by atoms with Crippen molar-refractivity contribution in [2.45, 2.75) is 19.3 Å². The fraction of sp³-hybridized carbons (Fsp3) is 0.538. The summed E-state index contributed by atoms with van der Waals surface area (Å²) in [6.07, 6.45) is 2.32. The highest BCUT2D eigenvalue weighted by molar-refractivity contribution is 5.29. The Bertz CT molecular complexity index is 459. The summed E-state index contributed by atoms with van der Waals surface area (Å²) in [6.45, 7) is 1.63. The minimum atomic E-state index is -2.18. The maximum absolute atomic E-state index is 13.3. The average molecular weight is 295 g/mol. The molecule has 1 heterocycles. The van der Waals surface area contributed by atoms with Crippen LogP contribution in [0.2, 0.25) is 0 Å². The Balaban J connectivity index is 2.02. The van der Waals surface area contributed by atoms with Crippen LogP contribution < -0.4 is 10.1 Å². The number of rotatable bonds is 4. The molecular weight excluding hydrogens is 281 g/mol. The van der Waals surface area contributed by atoms with Crippen LogP contribution in [-0.2, 0) is 0 Å². The van der Waals surface area contributed by atoms with Crippen molar-refractivity contribution in [2.75, 3.05) is 19.7 Å². The number of halogens is 5. The summed E-state index contributed by atoms with van der Waals surface area (Å²) in [5.74, 6) is -10.9. The number of piperidine rings is 1. The van der Waals surface area contributed by atoms with Crippen LogP contribution in [0.3, 0.4) is 0 Å². The SMILES string of the molecule is Fc1c(F)c(F)c(OCCC2CCNCC2)c(F)c1F. The van der Waals surface area contributed by atoms with E-state index in [1.165, 1.54) is 0 Å². The topological polar surface area (TPSA) is 21.3 Å². The lowest BCUT2D eigenvalue weighted by molar-refractivity contribution is 0.225. The molecule has 1 aliphatic rings. The highest BCUT2D eigenvalue weighted by Crippen LogP contribution is 2.29. The maximum Gasteiger partial charge on any atom is 0.206 e. The van der Waals surface area contributed by atoms with E-state index in [1.54, 1.807) is 0 Å². The molecule has 0 saturated carbocycles. The molecule has 0 aliphatic carbocycles. The van der Waals surface area contributed by atoms with Crippen LogP contribution in [0.1, 0.15) is 19.3 Å². The largest absolute Gasteiger partial charge is 0.487 e. The molecule has 7 heteroatoms. The number of hydrogen-bond acceptors (Lipinski definition) is 2. The molecule has 20 heavy (non-hydrogen) atoms. The molecule has 1 aromatic rings. The normalized spacial score (nSPS) is 16.4. The quantitative estimate of drug-likeness (QED) is 0.523. The fourth-order valence-electron chi connectivity index (χ4n) is 2.21. The minimum absolute atomic E-state index is 0.0803. The smallest absolute Gasteiger partial charge is 0.206 e. The lowest BCUT2D eigenvalue weighted by Crippen LogP contribution is -2.28. The Morgan fingerprint density at radius 1 is 0.850 bits per heavy atom. The summed E-state index contributed by atoms with van der Waals surface area (Å²) >= 11 is 0. The summed E-state index contributed by atoms with van der Waals surface area (Å²) in [6, 6.07) is 0. The van der Waals surface area contributed by atoms with Gasteiger partial charge in [0.15, 0.2) is 5.75 Å². The van der Waals surface area contributed by atoms with Crippen molar-refractivity contribution in [3.05, 3.63) is 29.1 Å². The van der Waals surface area contributed by atoms with E-state index in [4.69, 9.17) is 4.74 Å². The van der Waals surface area contributed by atoms with Gasteiger partial charge in [0.05, 0.1) is 6.61 Å². The second kappa shape index (κ2) is 6.39. The molecule has 2 rings (SSSR count). The van der Waals surface area contributed by atoms with E-state index >= 15 is 0 Å². The fourth-order valence-corrected chi connectivity index (χ4v) is 2.21. The van der Waals surface area contributed by atoms with Gasteiger partial charge in [-0.1, -0.05) is 0 Å². The third-order valence-electron chi connectivity index (χ3n) is 3.40. The molecule has 112 valence electrons. The Morgan fingerprint density at radius 2 is 1.35 bits per heavy atom. The van der Waals surface area contributed by atoms with Crippen molar-refractivity contribution >= 4 is 0 Å². The molecule has 1 aliphatic heterocycles. The Morgan fingerprint density at radius 3 is 1.90 bits per heavy atom. The van der Waals surface area contributed by atoms with Crippen LogP contribution in [-0.4, -0.2) is 19.7 Å². The van der Waals surface area contributed by atoms with Crippen LogP contribution in [0.4, 0.5) is 22.0 Å². The van der Waals surface area contributed by atoms with Gasteiger partial charge in [0.1, 0.15) is 0 Å². The zero-order valence-corrected chi connectivity index (χ0v) is 10.6. The van der Waals surface area contributed by atoms with E-state index in [0.29, 0.717) is 12.3 Å². The first kappa shape index (κ1) is 15.0. The van der Waals surface area contributed by atoms with Gasteiger partial charge in [-0.25, -0.2) is 13.2 Å². The van der Waals surface area contributed by atoms with E-state index < -0.39 is 34.8 Å². The number of nitrogens with one attached hydrogen (secondary N) is 1. The predicted octanol–water partition coefficient (Wildman–Crippen LogP) is 3.15. The second-order valence-electron chi connectivity index (χ2n) is 4.73. The van der Waals surface area contributed by atoms with Crippen molar-refractivity contribution in [1.29, 1.82) is 0 Å². The molecule has 2 nitrogen and oxygen atoms in total. The molecule has 0 atom stereocenters. The van der Waals surface area contributed by atoms with Gasteiger partial charge in [-0.15, -0.1) is 0 Å². The molecule has 0 amide bonds. The van der Waals surface area contributed by atoms with Crippen molar-refractivity contribution in [3.8, 4) is 5.75 Å². The van der Waals surface area contributed by atoms with Gasteiger partial charge in [-0.2, -0.15) is 8.78 Å². The van der Waals surface area contributed by atoms with E-state index in [2.05, 4.69) is 5.32 Å². The zero-order valence-electron chi connectivity index (χ0n) is 10.6. The monoisotopic (exact) mass is 295 g/mol. The highest BCUT2D eigenvalue weighted by Gasteiger charge is 2.27. The minimum Gasteiger partial charge on any atom is -0.487 e. The first-order chi connectivity index (χ1) is 9.52. The van der Waals surface area contributed by atoms with Gasteiger partial charge >= 0.3 is 0 Å². The van der Waals surface area contributed by atoms with E-state index in [-0.39, 0.29) is 6.61 Å². The van der Waals surface area contributed by atoms with Crippen molar-refractivity contribution in [1.82, 2.24) is 5.32 Å². The highest BCUT2D eigenvalue weighted by atomic mass is 19.2. The molecule has 1 aromatic carbocycles. The average Bonchev–Trinajstić information content (AvgIpc) is 2.48. The standard InChI is InChI=1S/C13H14F5NO/c14-8-9(15)11(17)13(12(18)10(8)16)20-6-3-7-1-4-19-5-2-7/h7,19H,1-6H2. The molecule has 1 fully saturated rings. The molecule has 1 saturated heterocycles. The van der Waals surface area contributed by atoms with Crippen LogP contribution in [0.5, 0.6) is 5.75 Å². The maximum atomic E-state index is 13.3. The van der Waals surface area contributed by atoms with Gasteiger partial charge in [0.2, 0.25) is 29.1 Å². The van der Waals surface area contributed by atoms with Crippen LogP contribution >= 0.6 is 0 Å². The van der Waals surface area contributed by atoms with E-state index in [9.17, 15) is 22.0 Å². The molecule has 0 bridgehead atoms. The molecule has 0 spiro atoms. The van der Waals surface area contributed by atoms with Crippen LogP contribution in [0.15, 0.2) is 0 Å². The Kier molecular flexibility index (Phi) is 4.80. The van der Waals surface area contributed by atoms with Gasteiger partial charge in [-0.05, 0) is 38.3 Å². The first-order valence-electron chi connectivity index (χ1n) is 6.37. The van der Waals surface area contributed by atoms with Gasteiger partial charge in [0.25, 0.3) is 0 Å². The van der Waals surface area contributed by atoms with E-state index in [1.807, 2.05) is 0 Å². The van der Waals surface area contributed by atoms with Crippen LogP contribution in [0, 0.1) is 35.0 Å². The first-order valence-corrected chi connectivity index (χ1v) is 6.37. The summed E-state index contributed by atoms with van der Waals surface area (Å²) < 4.78 is 70.1. The van der Waals surface area contributed by atoms with Crippen LogP contribution in [0.25, 0.3) is 0 Å². The van der Waals surface area contributed by atoms with Gasteiger partial charge in [0, 0.05) is 0 Å². The number of ether oxygens (including phenoxy) is 1. The molecule has 1 N–H and O–H groups in total. The van der Waals surface area contributed by atoms with E-state index in [0.717, 1.165) is 25.9 Å².